The van der Waals surface area contributed by atoms with Gasteiger partial charge in [-0.05, 0) is 24.7 Å². The van der Waals surface area contributed by atoms with Gasteiger partial charge in [0.2, 0.25) is 0 Å². The number of aromatic nitrogens is 2. The first-order valence-corrected chi connectivity index (χ1v) is 5.56. The number of halogens is 4. The summed E-state index contributed by atoms with van der Waals surface area (Å²) in [5, 5.41) is 12.6. The summed E-state index contributed by atoms with van der Waals surface area (Å²) in [7, 11) is 1.37. The highest BCUT2D eigenvalue weighted by Gasteiger charge is 2.46. The number of hydrogen-bond acceptors (Lipinski definition) is 2. The Morgan fingerprint density at radius 1 is 1.47 bits per heavy atom. The maximum Gasteiger partial charge on any atom is 0.435 e. The van der Waals surface area contributed by atoms with Crippen LogP contribution in [-0.2, 0) is 19.6 Å². The highest BCUT2D eigenvalue weighted by molar-refractivity contribution is 6.30. The Morgan fingerprint density at radius 2 is 2.06 bits per heavy atom. The van der Waals surface area contributed by atoms with Gasteiger partial charge in [0, 0.05) is 19.2 Å². The van der Waals surface area contributed by atoms with Gasteiger partial charge in [-0.2, -0.15) is 18.3 Å². The monoisotopic (exact) mass is 268 g/mol. The topological polar surface area (TPSA) is 38.0 Å². The molecule has 0 aliphatic heterocycles. The molecule has 17 heavy (non-hydrogen) atoms. The van der Waals surface area contributed by atoms with Gasteiger partial charge in [0.1, 0.15) is 5.15 Å². The molecule has 3 nitrogen and oxygen atoms in total. The van der Waals surface area contributed by atoms with Crippen LogP contribution in [0.2, 0.25) is 5.15 Å². The van der Waals surface area contributed by atoms with Gasteiger partial charge < -0.3 is 5.11 Å². The van der Waals surface area contributed by atoms with Gasteiger partial charge >= 0.3 is 6.18 Å². The summed E-state index contributed by atoms with van der Waals surface area (Å²) in [6, 6.07) is 0. The fraction of sp³-hybridized carbons (Fsp3) is 0.700. The largest absolute Gasteiger partial charge is 0.435 e. The lowest BCUT2D eigenvalue weighted by Gasteiger charge is -2.12. The van der Waals surface area contributed by atoms with Crippen molar-refractivity contribution in [3.63, 3.8) is 0 Å². The van der Waals surface area contributed by atoms with E-state index in [1.165, 1.54) is 7.05 Å². The van der Waals surface area contributed by atoms with Crippen LogP contribution in [0.25, 0.3) is 0 Å². The van der Waals surface area contributed by atoms with Crippen LogP contribution in [0, 0.1) is 5.41 Å². The van der Waals surface area contributed by atoms with Crippen LogP contribution in [0.3, 0.4) is 0 Å². The minimum Gasteiger partial charge on any atom is -0.396 e. The van der Waals surface area contributed by atoms with Gasteiger partial charge in [-0.1, -0.05) is 11.6 Å². The van der Waals surface area contributed by atoms with Crippen molar-refractivity contribution in [3.05, 3.63) is 16.4 Å². The molecule has 1 aliphatic carbocycles. The highest BCUT2D eigenvalue weighted by Crippen LogP contribution is 2.50. The predicted octanol–water partition coefficient (Wildman–Crippen LogP) is 2.41. The Hall–Kier alpha value is -0.750. The van der Waals surface area contributed by atoms with E-state index in [9.17, 15) is 13.2 Å². The van der Waals surface area contributed by atoms with Crippen molar-refractivity contribution in [2.45, 2.75) is 25.4 Å². The molecule has 0 bridgehead atoms. The van der Waals surface area contributed by atoms with E-state index < -0.39 is 17.3 Å². The van der Waals surface area contributed by atoms with E-state index in [0.717, 1.165) is 17.5 Å². The maximum atomic E-state index is 12.7. The van der Waals surface area contributed by atoms with Gasteiger partial charge in [-0.3, -0.25) is 4.68 Å². The minimum atomic E-state index is -4.51. The predicted molar refractivity (Wildman–Crippen MR) is 55.7 cm³/mol. The number of hydrogen-bond donors (Lipinski definition) is 1. The second-order valence-corrected chi connectivity index (χ2v) is 4.93. The number of aliphatic hydroxyl groups is 1. The van der Waals surface area contributed by atoms with E-state index in [2.05, 4.69) is 5.10 Å². The average molecular weight is 269 g/mol. The smallest absolute Gasteiger partial charge is 0.396 e. The molecule has 1 saturated carbocycles. The van der Waals surface area contributed by atoms with Crippen molar-refractivity contribution in [2.24, 2.45) is 12.5 Å². The Kier molecular flexibility index (Phi) is 2.90. The third-order valence-electron chi connectivity index (χ3n) is 3.18. The van der Waals surface area contributed by atoms with Crippen molar-refractivity contribution in [2.75, 3.05) is 6.61 Å². The Morgan fingerprint density at radius 3 is 2.47 bits per heavy atom. The lowest BCUT2D eigenvalue weighted by molar-refractivity contribution is -0.142. The molecule has 0 saturated heterocycles. The molecule has 1 aromatic rings. The van der Waals surface area contributed by atoms with E-state index in [-0.39, 0.29) is 23.7 Å². The van der Waals surface area contributed by atoms with Crippen LogP contribution in [0.1, 0.15) is 24.1 Å². The minimum absolute atomic E-state index is 0.00273. The van der Waals surface area contributed by atoms with Gasteiger partial charge in [-0.15, -0.1) is 0 Å². The molecule has 1 heterocycles. The fourth-order valence-corrected chi connectivity index (χ4v) is 2.07. The van der Waals surface area contributed by atoms with Crippen molar-refractivity contribution in [1.82, 2.24) is 9.78 Å². The highest BCUT2D eigenvalue weighted by atomic mass is 35.5. The molecule has 0 amide bonds. The van der Waals surface area contributed by atoms with Crippen LogP contribution >= 0.6 is 11.6 Å². The van der Waals surface area contributed by atoms with E-state index in [0.29, 0.717) is 0 Å². The second-order valence-electron chi connectivity index (χ2n) is 4.57. The van der Waals surface area contributed by atoms with Gasteiger partial charge in [-0.25, -0.2) is 0 Å². The average Bonchev–Trinajstić information content (AvgIpc) is 2.95. The van der Waals surface area contributed by atoms with Crippen LogP contribution in [0.15, 0.2) is 0 Å². The molecular formula is C10H12ClF3N2O. The van der Waals surface area contributed by atoms with E-state index in [1.807, 2.05) is 0 Å². The molecule has 0 atom stereocenters. The van der Waals surface area contributed by atoms with Gasteiger partial charge in [0.15, 0.2) is 5.69 Å². The number of rotatable bonds is 3. The lowest BCUT2D eigenvalue weighted by Crippen LogP contribution is -2.15. The molecule has 1 aromatic heterocycles. The maximum absolute atomic E-state index is 12.7. The van der Waals surface area contributed by atoms with E-state index in [4.69, 9.17) is 16.7 Å². The fourth-order valence-electron chi connectivity index (χ4n) is 1.87. The molecule has 1 aliphatic rings. The summed E-state index contributed by atoms with van der Waals surface area (Å²) in [4.78, 5) is 0. The number of nitrogens with zero attached hydrogens (tertiary/aromatic N) is 2. The quantitative estimate of drug-likeness (QED) is 0.914. The Bertz CT molecular complexity index is 437. The first-order valence-electron chi connectivity index (χ1n) is 5.18. The first-order chi connectivity index (χ1) is 7.79. The molecule has 7 heteroatoms. The molecule has 1 N–H and O–H groups in total. The molecule has 0 radical (unpaired) electrons. The van der Waals surface area contributed by atoms with E-state index in [1.54, 1.807) is 0 Å². The van der Waals surface area contributed by atoms with Crippen molar-refractivity contribution in [3.8, 4) is 0 Å². The summed E-state index contributed by atoms with van der Waals surface area (Å²) >= 11 is 5.83. The zero-order chi connectivity index (χ0) is 12.8. The van der Waals surface area contributed by atoms with Crippen LogP contribution in [0.4, 0.5) is 13.2 Å². The van der Waals surface area contributed by atoms with Crippen LogP contribution in [-0.4, -0.2) is 21.5 Å². The number of aliphatic hydroxyl groups excluding tert-OH is 1. The van der Waals surface area contributed by atoms with Crippen LogP contribution < -0.4 is 0 Å². The first kappa shape index (κ1) is 12.7. The van der Waals surface area contributed by atoms with Gasteiger partial charge in [0.25, 0.3) is 0 Å². The lowest BCUT2D eigenvalue weighted by atomic mass is 9.97. The molecule has 0 spiro atoms. The number of aryl methyl sites for hydroxylation is 1. The molecule has 0 unspecified atom stereocenters. The van der Waals surface area contributed by atoms with Crippen molar-refractivity contribution < 1.29 is 18.3 Å². The van der Waals surface area contributed by atoms with Gasteiger partial charge in [0.05, 0.1) is 0 Å². The molecule has 96 valence electrons. The third-order valence-corrected chi connectivity index (χ3v) is 3.65. The second kappa shape index (κ2) is 3.88. The SMILES string of the molecule is Cn1nc(C(F)(F)F)c(CC2(CO)CC2)c1Cl. The third kappa shape index (κ3) is 2.28. The summed E-state index contributed by atoms with van der Waals surface area (Å²) < 4.78 is 39.3. The summed E-state index contributed by atoms with van der Waals surface area (Å²) in [5.74, 6) is 0. The zero-order valence-electron chi connectivity index (χ0n) is 9.18. The molecule has 2 rings (SSSR count). The normalized spacial score (nSPS) is 18.5. The standard InChI is InChI=1S/C10H12ClF3N2O/c1-16-8(11)6(4-9(5-17)2-3-9)7(15-16)10(12,13)14/h17H,2-5H2,1H3. The summed E-state index contributed by atoms with van der Waals surface area (Å²) in [6.45, 7) is -0.116. The summed E-state index contributed by atoms with van der Waals surface area (Å²) in [6.07, 6.45) is -2.92. The number of alkyl halides is 3. The molecule has 1 fully saturated rings. The van der Waals surface area contributed by atoms with Crippen molar-refractivity contribution in [1.29, 1.82) is 0 Å². The van der Waals surface area contributed by atoms with Crippen molar-refractivity contribution >= 4 is 11.6 Å². The summed E-state index contributed by atoms with van der Waals surface area (Å²) in [5.41, 5.74) is -1.37. The van der Waals surface area contributed by atoms with E-state index >= 15 is 0 Å². The molecular weight excluding hydrogens is 257 g/mol. The zero-order valence-corrected chi connectivity index (χ0v) is 9.94. The molecule has 0 aromatic carbocycles. The van der Waals surface area contributed by atoms with Crippen LogP contribution in [0.5, 0.6) is 0 Å². The Balaban J connectivity index is 2.38. The Labute approximate surface area is 101 Å².